The molecule has 2 aliphatic carbocycles. The average molecular weight is 481 g/mol. The number of imide groups is 1. The van der Waals surface area contributed by atoms with E-state index in [1.807, 2.05) is 30.3 Å². The Morgan fingerprint density at radius 2 is 1.74 bits per heavy atom. The van der Waals surface area contributed by atoms with Crippen LogP contribution >= 0.6 is 15.9 Å². The molecule has 0 aromatic heterocycles. The van der Waals surface area contributed by atoms with Gasteiger partial charge in [-0.05, 0) is 51.9 Å². The molecule has 4 unspecified atom stereocenters. The standard InChI is InChI=1S/C24H21BrN2O4/c1-30-19-10-17(18(25)11-20(19)31-13-14-5-3-2-4-6-14)12-26-27-23(28)21-15-7-8-16(9-15)22(21)24(27)29/h2-8,10-12,15-16,21-22H,9,13H2,1H3. The largest absolute Gasteiger partial charge is 0.493 e. The fourth-order valence-corrected chi connectivity index (χ4v) is 5.20. The first-order chi connectivity index (χ1) is 15.1. The van der Waals surface area contributed by atoms with Crippen molar-refractivity contribution >= 4 is 34.0 Å². The molecular formula is C24H21BrN2O4. The van der Waals surface area contributed by atoms with Gasteiger partial charge in [0.05, 0.1) is 25.2 Å². The number of nitrogens with zero attached hydrogens (tertiary/aromatic N) is 2. The number of methoxy groups -OCH3 is 1. The lowest BCUT2D eigenvalue weighted by Crippen LogP contribution is -2.28. The van der Waals surface area contributed by atoms with Crippen LogP contribution in [-0.4, -0.2) is 30.1 Å². The molecule has 2 amide bonds. The minimum Gasteiger partial charge on any atom is -0.493 e. The number of amides is 2. The summed E-state index contributed by atoms with van der Waals surface area (Å²) in [6.07, 6.45) is 6.55. The molecule has 2 aromatic carbocycles. The second-order valence-corrected chi connectivity index (χ2v) is 8.89. The Balaban J connectivity index is 1.34. The average Bonchev–Trinajstić information content (AvgIpc) is 3.47. The van der Waals surface area contributed by atoms with E-state index < -0.39 is 0 Å². The molecule has 4 atom stereocenters. The van der Waals surface area contributed by atoms with Crippen molar-refractivity contribution in [1.29, 1.82) is 0 Å². The second-order valence-electron chi connectivity index (χ2n) is 8.03. The van der Waals surface area contributed by atoms with Gasteiger partial charge in [-0.25, -0.2) is 0 Å². The van der Waals surface area contributed by atoms with Gasteiger partial charge in [-0.1, -0.05) is 42.5 Å². The van der Waals surface area contributed by atoms with Gasteiger partial charge in [0.15, 0.2) is 11.5 Å². The van der Waals surface area contributed by atoms with Crippen LogP contribution in [0.5, 0.6) is 11.5 Å². The van der Waals surface area contributed by atoms with Crippen LogP contribution in [0.15, 0.2) is 64.2 Å². The number of hydrogen-bond donors (Lipinski definition) is 0. The van der Waals surface area contributed by atoms with Crippen LogP contribution in [0, 0.1) is 23.7 Å². The Morgan fingerprint density at radius 3 is 2.39 bits per heavy atom. The lowest BCUT2D eigenvalue weighted by Gasteiger charge is -2.14. The Kier molecular flexibility index (Phi) is 5.14. The minimum absolute atomic E-state index is 0.166. The zero-order valence-electron chi connectivity index (χ0n) is 16.9. The first-order valence-electron chi connectivity index (χ1n) is 10.2. The Hall–Kier alpha value is -2.93. The number of benzene rings is 2. The summed E-state index contributed by atoms with van der Waals surface area (Å²) in [5.74, 6) is 0.541. The molecule has 31 heavy (non-hydrogen) atoms. The van der Waals surface area contributed by atoms with Crippen molar-refractivity contribution in [2.75, 3.05) is 7.11 Å². The monoisotopic (exact) mass is 480 g/mol. The van der Waals surface area contributed by atoms with Gasteiger partial charge in [0.1, 0.15) is 6.61 Å². The molecule has 2 aromatic rings. The van der Waals surface area contributed by atoms with E-state index in [0.717, 1.165) is 21.5 Å². The van der Waals surface area contributed by atoms with E-state index in [0.29, 0.717) is 23.7 Å². The second kappa shape index (κ2) is 7.96. The molecule has 7 heteroatoms. The summed E-state index contributed by atoms with van der Waals surface area (Å²) in [6.45, 7) is 0.410. The van der Waals surface area contributed by atoms with Gasteiger partial charge in [0.2, 0.25) is 0 Å². The fourth-order valence-electron chi connectivity index (χ4n) is 4.78. The molecule has 1 saturated heterocycles. The summed E-state index contributed by atoms with van der Waals surface area (Å²) in [7, 11) is 1.57. The van der Waals surface area contributed by atoms with Gasteiger partial charge in [0.25, 0.3) is 11.8 Å². The molecule has 2 bridgehead atoms. The lowest BCUT2D eigenvalue weighted by molar-refractivity contribution is -0.140. The fraction of sp³-hybridized carbons (Fsp3) is 0.292. The highest BCUT2D eigenvalue weighted by Crippen LogP contribution is 2.52. The van der Waals surface area contributed by atoms with Crippen LogP contribution in [0.4, 0.5) is 0 Å². The van der Waals surface area contributed by atoms with Crippen molar-refractivity contribution in [3.8, 4) is 11.5 Å². The number of rotatable bonds is 6. The van der Waals surface area contributed by atoms with E-state index in [-0.39, 0.29) is 35.5 Å². The SMILES string of the molecule is COc1cc(C=NN2C(=O)C3C4C=CC(C4)C3C2=O)c(Br)cc1OCc1ccccc1. The highest BCUT2D eigenvalue weighted by molar-refractivity contribution is 9.10. The van der Waals surface area contributed by atoms with E-state index in [4.69, 9.17) is 9.47 Å². The number of halogens is 1. The van der Waals surface area contributed by atoms with Gasteiger partial charge in [0, 0.05) is 10.0 Å². The van der Waals surface area contributed by atoms with Crippen LogP contribution in [0.3, 0.4) is 0 Å². The highest BCUT2D eigenvalue weighted by Gasteiger charge is 2.59. The van der Waals surface area contributed by atoms with Gasteiger partial charge in [-0.2, -0.15) is 10.1 Å². The highest BCUT2D eigenvalue weighted by atomic mass is 79.9. The van der Waals surface area contributed by atoms with Crippen LogP contribution in [-0.2, 0) is 16.2 Å². The van der Waals surface area contributed by atoms with Gasteiger partial charge in [-0.15, -0.1) is 0 Å². The van der Waals surface area contributed by atoms with Crippen molar-refractivity contribution in [2.45, 2.75) is 13.0 Å². The summed E-state index contributed by atoms with van der Waals surface area (Å²) in [4.78, 5) is 25.6. The van der Waals surface area contributed by atoms with E-state index >= 15 is 0 Å². The van der Waals surface area contributed by atoms with E-state index in [2.05, 4.69) is 33.2 Å². The smallest absolute Gasteiger partial charge is 0.254 e. The quantitative estimate of drug-likeness (QED) is 0.353. The number of carbonyl (C=O) groups is 2. The van der Waals surface area contributed by atoms with Crippen LogP contribution < -0.4 is 9.47 Å². The molecule has 1 heterocycles. The van der Waals surface area contributed by atoms with Crippen molar-refractivity contribution in [3.63, 3.8) is 0 Å². The van der Waals surface area contributed by atoms with Crippen molar-refractivity contribution < 1.29 is 19.1 Å². The Bertz CT molecular complexity index is 1070. The molecule has 0 radical (unpaired) electrons. The zero-order valence-corrected chi connectivity index (χ0v) is 18.5. The maximum Gasteiger partial charge on any atom is 0.254 e. The summed E-state index contributed by atoms with van der Waals surface area (Å²) in [5.41, 5.74) is 1.73. The molecule has 3 aliphatic rings. The molecule has 1 saturated carbocycles. The maximum atomic E-state index is 12.8. The Morgan fingerprint density at radius 1 is 1.06 bits per heavy atom. The van der Waals surface area contributed by atoms with E-state index in [9.17, 15) is 9.59 Å². The molecule has 6 nitrogen and oxygen atoms in total. The maximum absolute atomic E-state index is 12.8. The molecule has 0 N–H and O–H groups in total. The number of carbonyl (C=O) groups excluding carboxylic acids is 2. The van der Waals surface area contributed by atoms with E-state index in [1.54, 1.807) is 19.2 Å². The zero-order chi connectivity index (χ0) is 21.5. The third-order valence-electron chi connectivity index (χ3n) is 6.28. The summed E-state index contributed by atoms with van der Waals surface area (Å²) in [5, 5.41) is 5.29. The summed E-state index contributed by atoms with van der Waals surface area (Å²) < 4.78 is 12.1. The van der Waals surface area contributed by atoms with Crippen LogP contribution in [0.25, 0.3) is 0 Å². The molecule has 5 rings (SSSR count). The normalized spacial score (nSPS) is 26.2. The van der Waals surface area contributed by atoms with Crippen LogP contribution in [0.2, 0.25) is 0 Å². The van der Waals surface area contributed by atoms with Gasteiger partial charge >= 0.3 is 0 Å². The summed E-state index contributed by atoms with van der Waals surface area (Å²) in [6, 6.07) is 13.4. The van der Waals surface area contributed by atoms with Crippen molar-refractivity contribution in [3.05, 3.63) is 70.2 Å². The predicted molar refractivity (Wildman–Crippen MR) is 119 cm³/mol. The minimum atomic E-state index is -0.258. The lowest BCUT2D eigenvalue weighted by atomic mass is 9.85. The number of hydrazone groups is 1. The Labute approximate surface area is 188 Å². The third kappa shape index (κ3) is 3.47. The molecule has 158 valence electrons. The number of hydrogen-bond acceptors (Lipinski definition) is 5. The van der Waals surface area contributed by atoms with Gasteiger partial charge < -0.3 is 9.47 Å². The molecule has 2 fully saturated rings. The topological polar surface area (TPSA) is 68.2 Å². The first kappa shape index (κ1) is 20.0. The van der Waals surface area contributed by atoms with Crippen molar-refractivity contribution in [1.82, 2.24) is 5.01 Å². The molecular weight excluding hydrogens is 460 g/mol. The van der Waals surface area contributed by atoms with Crippen molar-refractivity contribution in [2.24, 2.45) is 28.8 Å². The third-order valence-corrected chi connectivity index (χ3v) is 6.97. The predicted octanol–water partition coefficient (Wildman–Crippen LogP) is 4.18. The molecule has 1 aliphatic heterocycles. The number of fused-ring (bicyclic) bond motifs is 5. The van der Waals surface area contributed by atoms with Crippen LogP contribution in [0.1, 0.15) is 17.5 Å². The first-order valence-corrected chi connectivity index (χ1v) is 11.0. The number of ether oxygens (including phenoxy) is 2. The van der Waals surface area contributed by atoms with E-state index in [1.165, 1.54) is 6.21 Å². The molecule has 0 spiro atoms. The number of allylic oxidation sites excluding steroid dienone is 2. The summed E-state index contributed by atoms with van der Waals surface area (Å²) >= 11 is 3.53. The van der Waals surface area contributed by atoms with Gasteiger partial charge in [-0.3, -0.25) is 9.59 Å².